The fraction of sp³-hybridized carbons (Fsp3) is 0.350. The molecule has 4 rings (SSSR count). The molecule has 0 aliphatic carbocycles. The lowest BCUT2D eigenvalue weighted by Crippen LogP contribution is -2.56. The number of nitrogens with one attached hydrogen (secondary N) is 2. The number of piperazine rings is 1. The lowest BCUT2D eigenvalue weighted by atomic mass is 10.0. The van der Waals surface area contributed by atoms with E-state index in [9.17, 15) is 9.90 Å². The van der Waals surface area contributed by atoms with E-state index in [1.165, 1.54) is 0 Å². The summed E-state index contributed by atoms with van der Waals surface area (Å²) in [5.74, 6) is 0.183. The van der Waals surface area contributed by atoms with E-state index in [1.54, 1.807) is 24.3 Å². The van der Waals surface area contributed by atoms with Crippen molar-refractivity contribution in [2.45, 2.75) is 32.9 Å². The first kappa shape index (κ1) is 17.5. The van der Waals surface area contributed by atoms with Crippen LogP contribution in [0, 0.1) is 6.92 Å². The zero-order valence-electron chi connectivity index (χ0n) is 15.7. The SMILES string of the molecule is Cc1[nH]nc2nc(-c3ccc(O)cc3)cc(C(=O)N3C[C@@H](C)NC[C@H]3C)c12. The number of aromatic hydroxyl groups is 1. The predicted octanol–water partition coefficient (Wildman–Crippen LogP) is 2.46. The van der Waals surface area contributed by atoms with Crippen LogP contribution in [0.1, 0.15) is 29.9 Å². The van der Waals surface area contributed by atoms with Crippen LogP contribution in [0.15, 0.2) is 30.3 Å². The summed E-state index contributed by atoms with van der Waals surface area (Å²) >= 11 is 0. The molecule has 0 radical (unpaired) electrons. The molecule has 1 amide bonds. The highest BCUT2D eigenvalue weighted by molar-refractivity contribution is 6.07. The molecule has 0 saturated carbocycles. The van der Waals surface area contributed by atoms with Crippen molar-refractivity contribution in [3.05, 3.63) is 41.6 Å². The predicted molar refractivity (Wildman–Crippen MR) is 104 cm³/mol. The quantitative estimate of drug-likeness (QED) is 0.649. The molecule has 3 aromatic rings. The molecule has 2 aromatic heterocycles. The topological polar surface area (TPSA) is 94.1 Å². The molecule has 0 unspecified atom stereocenters. The van der Waals surface area contributed by atoms with Crippen LogP contribution in [0.2, 0.25) is 0 Å². The number of rotatable bonds is 2. The van der Waals surface area contributed by atoms with E-state index in [2.05, 4.69) is 34.3 Å². The molecule has 7 heteroatoms. The summed E-state index contributed by atoms with van der Waals surface area (Å²) in [5, 5.41) is 20.9. The van der Waals surface area contributed by atoms with E-state index < -0.39 is 0 Å². The first-order valence-electron chi connectivity index (χ1n) is 9.13. The Morgan fingerprint density at radius 2 is 2.00 bits per heavy atom. The van der Waals surface area contributed by atoms with Crippen molar-refractivity contribution >= 4 is 16.9 Å². The maximum Gasteiger partial charge on any atom is 0.255 e. The van der Waals surface area contributed by atoms with E-state index in [0.29, 0.717) is 23.4 Å². The summed E-state index contributed by atoms with van der Waals surface area (Å²) in [4.78, 5) is 20.0. The summed E-state index contributed by atoms with van der Waals surface area (Å²) in [6.07, 6.45) is 0. The normalized spacial score (nSPS) is 20.2. The van der Waals surface area contributed by atoms with Gasteiger partial charge in [0, 0.05) is 36.4 Å². The van der Waals surface area contributed by atoms with Gasteiger partial charge in [0.05, 0.1) is 16.6 Å². The zero-order valence-corrected chi connectivity index (χ0v) is 15.7. The maximum absolute atomic E-state index is 13.4. The van der Waals surface area contributed by atoms with Crippen molar-refractivity contribution in [3.8, 4) is 17.0 Å². The van der Waals surface area contributed by atoms with Crippen molar-refractivity contribution < 1.29 is 9.90 Å². The number of carbonyl (C=O) groups excluding carboxylic acids is 1. The Balaban J connectivity index is 1.84. The van der Waals surface area contributed by atoms with Crippen LogP contribution in [0.4, 0.5) is 0 Å². The number of aromatic nitrogens is 3. The molecule has 1 fully saturated rings. The molecule has 140 valence electrons. The highest BCUT2D eigenvalue weighted by Gasteiger charge is 2.29. The zero-order chi connectivity index (χ0) is 19.1. The fourth-order valence-electron chi connectivity index (χ4n) is 3.58. The number of hydrogen-bond acceptors (Lipinski definition) is 5. The number of carbonyl (C=O) groups is 1. The largest absolute Gasteiger partial charge is 0.508 e. The highest BCUT2D eigenvalue weighted by atomic mass is 16.3. The minimum atomic E-state index is -0.00669. The summed E-state index contributed by atoms with van der Waals surface area (Å²) < 4.78 is 0. The smallest absolute Gasteiger partial charge is 0.255 e. The Morgan fingerprint density at radius 3 is 2.74 bits per heavy atom. The van der Waals surface area contributed by atoms with Gasteiger partial charge in [-0.25, -0.2) is 4.98 Å². The third-order valence-corrected chi connectivity index (χ3v) is 5.12. The van der Waals surface area contributed by atoms with Gasteiger partial charge in [0.1, 0.15) is 5.75 Å². The van der Waals surface area contributed by atoms with Gasteiger partial charge in [-0.3, -0.25) is 9.89 Å². The summed E-state index contributed by atoms with van der Waals surface area (Å²) in [6, 6.07) is 8.99. The lowest BCUT2D eigenvalue weighted by Gasteiger charge is -2.37. The van der Waals surface area contributed by atoms with Crippen LogP contribution < -0.4 is 5.32 Å². The van der Waals surface area contributed by atoms with Crippen molar-refractivity contribution in [1.29, 1.82) is 0 Å². The van der Waals surface area contributed by atoms with Gasteiger partial charge >= 0.3 is 0 Å². The molecule has 0 bridgehead atoms. The van der Waals surface area contributed by atoms with Crippen LogP contribution in [0.3, 0.4) is 0 Å². The summed E-state index contributed by atoms with van der Waals surface area (Å²) in [5.41, 5.74) is 3.45. The Kier molecular flexibility index (Phi) is 4.31. The van der Waals surface area contributed by atoms with E-state index in [1.807, 2.05) is 17.9 Å². The number of amides is 1. The highest BCUT2D eigenvalue weighted by Crippen LogP contribution is 2.28. The van der Waals surface area contributed by atoms with Gasteiger partial charge in [0.25, 0.3) is 5.91 Å². The molecule has 27 heavy (non-hydrogen) atoms. The number of hydrogen-bond donors (Lipinski definition) is 3. The standard InChI is InChI=1S/C20H23N5O2/c1-11-10-25(12(2)9-21-11)20(27)16-8-17(14-4-6-15(26)7-5-14)22-19-18(16)13(3)23-24-19/h4-8,11-12,21,26H,9-10H2,1-3H3,(H,22,23,24)/t11-,12-/m1/s1. The average Bonchev–Trinajstić information content (AvgIpc) is 3.04. The first-order valence-corrected chi connectivity index (χ1v) is 9.13. The van der Waals surface area contributed by atoms with E-state index >= 15 is 0 Å². The number of benzene rings is 1. The third kappa shape index (κ3) is 3.14. The summed E-state index contributed by atoms with van der Waals surface area (Å²) in [7, 11) is 0. The van der Waals surface area contributed by atoms with E-state index in [0.717, 1.165) is 23.2 Å². The number of fused-ring (bicyclic) bond motifs is 1. The second-order valence-corrected chi connectivity index (χ2v) is 7.26. The average molecular weight is 365 g/mol. The molecule has 3 heterocycles. The minimum absolute atomic E-state index is 0.00669. The van der Waals surface area contributed by atoms with Crippen molar-refractivity contribution in [3.63, 3.8) is 0 Å². The van der Waals surface area contributed by atoms with E-state index in [-0.39, 0.29) is 23.7 Å². The van der Waals surface area contributed by atoms with Crippen molar-refractivity contribution in [1.82, 2.24) is 25.4 Å². The van der Waals surface area contributed by atoms with Crippen molar-refractivity contribution in [2.24, 2.45) is 0 Å². The number of aryl methyl sites for hydroxylation is 1. The van der Waals surface area contributed by atoms with Crippen LogP contribution in [0.5, 0.6) is 5.75 Å². The van der Waals surface area contributed by atoms with Gasteiger partial charge < -0.3 is 15.3 Å². The Morgan fingerprint density at radius 1 is 1.26 bits per heavy atom. The summed E-state index contributed by atoms with van der Waals surface area (Å²) in [6.45, 7) is 7.47. The Bertz CT molecular complexity index is 996. The molecule has 7 nitrogen and oxygen atoms in total. The monoisotopic (exact) mass is 365 g/mol. The van der Waals surface area contributed by atoms with E-state index in [4.69, 9.17) is 0 Å². The molecule has 3 N–H and O–H groups in total. The number of phenols is 1. The van der Waals surface area contributed by atoms with Gasteiger partial charge in [0.15, 0.2) is 5.65 Å². The lowest BCUT2D eigenvalue weighted by molar-refractivity contribution is 0.0618. The molecule has 0 spiro atoms. The fourth-order valence-corrected chi connectivity index (χ4v) is 3.58. The van der Waals surface area contributed by atoms with Crippen LogP contribution >= 0.6 is 0 Å². The minimum Gasteiger partial charge on any atom is -0.508 e. The first-order chi connectivity index (χ1) is 12.9. The molecule has 2 atom stereocenters. The number of nitrogens with zero attached hydrogens (tertiary/aromatic N) is 3. The second-order valence-electron chi connectivity index (χ2n) is 7.26. The van der Waals surface area contributed by atoms with Gasteiger partial charge in [-0.05, 0) is 51.1 Å². The number of phenolic OH excluding ortho intramolecular Hbond substituents is 1. The van der Waals surface area contributed by atoms with Gasteiger partial charge in [-0.2, -0.15) is 5.10 Å². The third-order valence-electron chi connectivity index (χ3n) is 5.12. The molecule has 1 aliphatic rings. The second kappa shape index (κ2) is 6.66. The molecule has 1 saturated heterocycles. The van der Waals surface area contributed by atoms with Gasteiger partial charge in [-0.1, -0.05) is 0 Å². The molecular weight excluding hydrogens is 342 g/mol. The Labute approximate surface area is 157 Å². The number of H-pyrrole nitrogens is 1. The van der Waals surface area contributed by atoms with Gasteiger partial charge in [0.2, 0.25) is 0 Å². The molecule has 1 aliphatic heterocycles. The van der Waals surface area contributed by atoms with Crippen LogP contribution in [-0.2, 0) is 0 Å². The molecule has 1 aromatic carbocycles. The Hall–Kier alpha value is -2.93. The van der Waals surface area contributed by atoms with Crippen LogP contribution in [-0.4, -0.2) is 56.3 Å². The number of aromatic amines is 1. The maximum atomic E-state index is 13.4. The number of pyridine rings is 1. The molecular formula is C20H23N5O2. The van der Waals surface area contributed by atoms with Gasteiger partial charge in [-0.15, -0.1) is 0 Å². The van der Waals surface area contributed by atoms with Crippen LogP contribution in [0.25, 0.3) is 22.3 Å². The van der Waals surface area contributed by atoms with Crippen molar-refractivity contribution in [2.75, 3.05) is 13.1 Å².